The van der Waals surface area contributed by atoms with Crippen LogP contribution >= 0.6 is 0 Å². The number of nitrogens with one attached hydrogen (secondary N) is 2. The summed E-state index contributed by atoms with van der Waals surface area (Å²) in [4.78, 5) is 39.3. The molecule has 2 amide bonds. The molecule has 0 aromatic heterocycles. The van der Waals surface area contributed by atoms with Gasteiger partial charge in [-0.25, -0.2) is 0 Å². The Bertz CT molecular complexity index is 1010. The highest BCUT2D eigenvalue weighted by Crippen LogP contribution is 2.18. The number of likely N-dealkylation sites (tertiary alicyclic amines) is 1. The number of aldehydes is 1. The van der Waals surface area contributed by atoms with Crippen LogP contribution in [0.15, 0.2) is 60.7 Å². The third-order valence-corrected chi connectivity index (χ3v) is 7.39. The van der Waals surface area contributed by atoms with Crippen molar-refractivity contribution in [1.82, 2.24) is 20.4 Å². The van der Waals surface area contributed by atoms with Crippen molar-refractivity contribution >= 4 is 18.1 Å². The molecule has 0 bridgehead atoms. The summed E-state index contributed by atoms with van der Waals surface area (Å²) in [5.74, 6) is 0.150. The molecule has 2 aromatic carbocycles. The lowest BCUT2D eigenvalue weighted by atomic mass is 9.88. The summed E-state index contributed by atoms with van der Waals surface area (Å²) in [6.45, 7) is 8.80. The molecular formula is C33H50N4O3. The third-order valence-electron chi connectivity index (χ3n) is 7.39. The van der Waals surface area contributed by atoms with Gasteiger partial charge in [0, 0.05) is 25.6 Å². The summed E-state index contributed by atoms with van der Waals surface area (Å²) in [6, 6.07) is 21.1. The van der Waals surface area contributed by atoms with E-state index in [9.17, 15) is 14.4 Å². The number of hydrogen-bond donors (Lipinski definition) is 2. The molecule has 7 nitrogen and oxygen atoms in total. The van der Waals surface area contributed by atoms with Gasteiger partial charge in [0.15, 0.2) is 0 Å². The summed E-state index contributed by atoms with van der Waals surface area (Å²) in [5.41, 5.74) is 2.39. The Balaban J connectivity index is 0.000000366. The summed E-state index contributed by atoms with van der Waals surface area (Å²) < 4.78 is 0. The molecule has 2 unspecified atom stereocenters. The first-order valence-corrected chi connectivity index (χ1v) is 14.6. The van der Waals surface area contributed by atoms with Gasteiger partial charge in [0.25, 0.3) is 0 Å². The minimum atomic E-state index is -0.423. The predicted molar refractivity (Wildman–Crippen MR) is 163 cm³/mol. The summed E-state index contributed by atoms with van der Waals surface area (Å²) in [5, 5.41) is 5.36. The van der Waals surface area contributed by atoms with Crippen molar-refractivity contribution in [2.45, 2.75) is 71.4 Å². The smallest absolute Gasteiger partial charge is 0.234 e. The number of hydrogen-bond acceptors (Lipinski definition) is 5. The quantitative estimate of drug-likeness (QED) is 0.367. The maximum atomic E-state index is 13.0. The van der Waals surface area contributed by atoms with Crippen LogP contribution in [0.3, 0.4) is 0 Å². The number of carbonyl (C=O) groups is 3. The molecule has 7 heteroatoms. The van der Waals surface area contributed by atoms with Gasteiger partial charge in [-0.15, -0.1) is 0 Å². The molecule has 1 heterocycles. The lowest BCUT2D eigenvalue weighted by molar-refractivity contribution is -0.132. The van der Waals surface area contributed by atoms with E-state index in [4.69, 9.17) is 0 Å². The molecule has 1 saturated heterocycles. The van der Waals surface area contributed by atoms with Gasteiger partial charge in [0.05, 0.1) is 12.6 Å². The summed E-state index contributed by atoms with van der Waals surface area (Å²) in [6.07, 6.45) is 6.69. The lowest BCUT2D eigenvalue weighted by Gasteiger charge is -2.29. The van der Waals surface area contributed by atoms with Gasteiger partial charge in [0.1, 0.15) is 6.29 Å². The first-order chi connectivity index (χ1) is 19.1. The van der Waals surface area contributed by atoms with Crippen molar-refractivity contribution in [1.29, 1.82) is 0 Å². The highest BCUT2D eigenvalue weighted by atomic mass is 16.2. The topological polar surface area (TPSA) is 81.8 Å². The highest BCUT2D eigenvalue weighted by molar-refractivity contribution is 5.81. The molecule has 2 atom stereocenters. The number of amides is 2. The highest BCUT2D eigenvalue weighted by Gasteiger charge is 2.26. The molecule has 0 spiro atoms. The average Bonchev–Trinajstić information content (AvgIpc) is 3.34. The van der Waals surface area contributed by atoms with Gasteiger partial charge in [-0.2, -0.15) is 0 Å². The van der Waals surface area contributed by atoms with Gasteiger partial charge in [-0.05, 0) is 69.3 Å². The van der Waals surface area contributed by atoms with Gasteiger partial charge >= 0.3 is 0 Å². The van der Waals surface area contributed by atoms with E-state index in [1.54, 1.807) is 7.05 Å². The summed E-state index contributed by atoms with van der Waals surface area (Å²) in [7, 11) is 3.87. The molecule has 1 fully saturated rings. The normalized spacial score (nSPS) is 16.0. The van der Waals surface area contributed by atoms with E-state index < -0.39 is 6.04 Å². The second-order valence-corrected chi connectivity index (χ2v) is 11.8. The summed E-state index contributed by atoms with van der Waals surface area (Å²) >= 11 is 0. The molecule has 2 aromatic rings. The van der Waals surface area contributed by atoms with E-state index in [-0.39, 0.29) is 17.9 Å². The molecule has 0 aliphatic carbocycles. The van der Waals surface area contributed by atoms with Gasteiger partial charge in [-0.1, -0.05) is 81.4 Å². The van der Waals surface area contributed by atoms with Crippen molar-refractivity contribution in [3.05, 3.63) is 71.8 Å². The minimum Gasteiger partial charge on any atom is -0.345 e. The van der Waals surface area contributed by atoms with Crippen LogP contribution in [0.25, 0.3) is 0 Å². The number of aryl methyl sites for hydroxylation is 1. The number of benzene rings is 2. The maximum Gasteiger partial charge on any atom is 0.234 e. The largest absolute Gasteiger partial charge is 0.345 e. The van der Waals surface area contributed by atoms with Crippen molar-refractivity contribution in [2.24, 2.45) is 5.41 Å². The van der Waals surface area contributed by atoms with Crippen LogP contribution < -0.4 is 10.6 Å². The Morgan fingerprint density at radius 3 is 2.12 bits per heavy atom. The first kappa shape index (κ1) is 33.2. The van der Waals surface area contributed by atoms with Gasteiger partial charge < -0.3 is 25.2 Å². The lowest BCUT2D eigenvalue weighted by Crippen LogP contribution is -2.47. The number of rotatable bonds is 13. The second-order valence-electron chi connectivity index (χ2n) is 11.8. The van der Waals surface area contributed by atoms with Crippen LogP contribution in [0.4, 0.5) is 0 Å². The van der Waals surface area contributed by atoms with Crippen molar-refractivity contribution < 1.29 is 14.4 Å². The van der Waals surface area contributed by atoms with E-state index >= 15 is 0 Å². The molecule has 3 rings (SSSR count). The van der Waals surface area contributed by atoms with Crippen LogP contribution in [-0.2, 0) is 27.2 Å². The van der Waals surface area contributed by atoms with E-state index in [1.165, 1.54) is 24.0 Å². The SMILES string of the molecule is CN1CCCC1CN(CCc1ccccc1)C(=O)CCCc1ccccc1.CNCC(=O)NC(C=O)C(C)(C)C. The van der Waals surface area contributed by atoms with Crippen molar-refractivity contribution in [3.8, 4) is 0 Å². The number of carbonyl (C=O) groups excluding carboxylic acids is 3. The zero-order chi connectivity index (χ0) is 29.4. The zero-order valence-electron chi connectivity index (χ0n) is 25.2. The fraction of sp³-hybridized carbons (Fsp3) is 0.545. The van der Waals surface area contributed by atoms with E-state index in [1.807, 2.05) is 32.9 Å². The van der Waals surface area contributed by atoms with Crippen LogP contribution in [0, 0.1) is 5.41 Å². The van der Waals surface area contributed by atoms with E-state index in [0.29, 0.717) is 18.4 Å². The number of likely N-dealkylation sites (N-methyl/N-ethyl adjacent to an activating group) is 2. The van der Waals surface area contributed by atoms with Crippen LogP contribution in [0.2, 0.25) is 0 Å². The Kier molecular flexibility index (Phi) is 14.6. The standard InChI is InChI=1S/C24H32N2O.C9H18N2O2/c1-25-18-9-15-23(25)20-26(19-17-22-12-6-3-7-13-22)24(27)16-8-14-21-10-4-2-5-11-21;1-9(2,3)7(6-12)11-8(13)5-10-4/h2-7,10-13,23H,8-9,14-20H2,1H3;6-7,10H,5H2,1-4H3,(H,11,13). The molecule has 40 heavy (non-hydrogen) atoms. The van der Waals surface area contributed by atoms with Gasteiger partial charge in [0.2, 0.25) is 11.8 Å². The van der Waals surface area contributed by atoms with Crippen LogP contribution in [0.1, 0.15) is 57.6 Å². The molecule has 1 aliphatic rings. The molecule has 220 valence electrons. The van der Waals surface area contributed by atoms with Crippen LogP contribution in [0.5, 0.6) is 0 Å². The second kappa shape index (κ2) is 17.6. The van der Waals surface area contributed by atoms with E-state index in [0.717, 1.165) is 45.2 Å². The number of nitrogens with zero attached hydrogens (tertiary/aromatic N) is 2. The van der Waals surface area contributed by atoms with Crippen molar-refractivity contribution in [3.63, 3.8) is 0 Å². The fourth-order valence-corrected chi connectivity index (χ4v) is 4.78. The molecule has 1 aliphatic heterocycles. The predicted octanol–water partition coefficient (Wildman–Crippen LogP) is 4.11. The molecule has 2 N–H and O–H groups in total. The van der Waals surface area contributed by atoms with Crippen molar-refractivity contribution in [2.75, 3.05) is 40.3 Å². The Labute approximate surface area is 241 Å². The fourth-order valence-electron chi connectivity index (χ4n) is 4.78. The van der Waals surface area contributed by atoms with Gasteiger partial charge in [-0.3, -0.25) is 9.59 Å². The first-order valence-electron chi connectivity index (χ1n) is 14.6. The maximum absolute atomic E-state index is 13.0. The third kappa shape index (κ3) is 12.4. The molecule has 0 radical (unpaired) electrons. The Morgan fingerprint density at radius 1 is 1.02 bits per heavy atom. The Morgan fingerprint density at radius 2 is 1.62 bits per heavy atom. The minimum absolute atomic E-state index is 0.158. The Hall–Kier alpha value is -3.03. The average molecular weight is 551 g/mol. The van der Waals surface area contributed by atoms with Crippen LogP contribution in [-0.4, -0.2) is 80.3 Å². The molecule has 0 saturated carbocycles. The zero-order valence-corrected chi connectivity index (χ0v) is 25.2. The van der Waals surface area contributed by atoms with E-state index in [2.05, 4.69) is 76.0 Å². The monoisotopic (exact) mass is 550 g/mol. The molecular weight excluding hydrogens is 500 g/mol.